The molecule has 1 amide bonds. The molecular weight excluding hydrogens is 470 g/mol. The Hall–Kier alpha value is -2.87. The first-order valence-corrected chi connectivity index (χ1v) is 11.9. The highest BCUT2D eigenvalue weighted by Gasteiger charge is 2.25. The van der Waals surface area contributed by atoms with Crippen molar-refractivity contribution in [1.29, 1.82) is 0 Å². The Morgan fingerprint density at radius 2 is 1.65 bits per heavy atom. The Balaban J connectivity index is 0.00000324. The fraction of sp³-hybridized carbons (Fsp3) is 0.308. The van der Waals surface area contributed by atoms with Crippen molar-refractivity contribution in [2.75, 3.05) is 45.3 Å². The van der Waals surface area contributed by atoms with Crippen LogP contribution in [0.3, 0.4) is 0 Å². The van der Waals surface area contributed by atoms with Crippen molar-refractivity contribution in [3.8, 4) is 11.5 Å². The van der Waals surface area contributed by atoms with Crippen LogP contribution in [0, 0.1) is 0 Å². The molecule has 1 heterocycles. The van der Waals surface area contributed by atoms with Crippen LogP contribution in [0.25, 0.3) is 21.0 Å². The first-order chi connectivity index (χ1) is 16.1. The zero-order valence-electron chi connectivity index (χ0n) is 19.9. The van der Waals surface area contributed by atoms with Gasteiger partial charge in [0.05, 0.1) is 30.0 Å². The van der Waals surface area contributed by atoms with Crippen LogP contribution >= 0.6 is 23.7 Å². The summed E-state index contributed by atoms with van der Waals surface area (Å²) in [5.41, 5.74) is 1.35. The summed E-state index contributed by atoms with van der Waals surface area (Å²) in [5, 5.41) is 2.71. The number of methoxy groups -OCH3 is 2. The molecule has 8 heteroatoms. The lowest BCUT2D eigenvalue weighted by atomic mass is 10.0. The van der Waals surface area contributed by atoms with Gasteiger partial charge in [0.1, 0.15) is 11.5 Å². The number of carbonyl (C=O) groups is 1. The lowest BCUT2D eigenvalue weighted by molar-refractivity contribution is 0.0981. The first kappa shape index (κ1) is 25.7. The van der Waals surface area contributed by atoms with Gasteiger partial charge in [0.25, 0.3) is 5.91 Å². The summed E-state index contributed by atoms with van der Waals surface area (Å²) in [4.78, 5) is 22.8. The first-order valence-electron chi connectivity index (χ1n) is 11.1. The topological polar surface area (TPSA) is 54.9 Å². The number of nitrogens with zero attached hydrogens (tertiary/aromatic N) is 3. The number of hydrogen-bond donors (Lipinski definition) is 0. The predicted octanol–water partition coefficient (Wildman–Crippen LogP) is 5.88. The lowest BCUT2D eigenvalue weighted by Crippen LogP contribution is -2.39. The van der Waals surface area contributed by atoms with Gasteiger partial charge in [-0.2, -0.15) is 0 Å². The highest BCUT2D eigenvalue weighted by Crippen LogP contribution is 2.34. The van der Waals surface area contributed by atoms with E-state index in [-0.39, 0.29) is 18.3 Å². The van der Waals surface area contributed by atoms with Gasteiger partial charge in [0, 0.05) is 19.2 Å². The molecule has 0 saturated heterocycles. The van der Waals surface area contributed by atoms with Crippen LogP contribution in [-0.2, 0) is 0 Å². The van der Waals surface area contributed by atoms with Crippen molar-refractivity contribution in [3.63, 3.8) is 0 Å². The van der Waals surface area contributed by atoms with Gasteiger partial charge < -0.3 is 14.4 Å². The van der Waals surface area contributed by atoms with E-state index in [0.29, 0.717) is 23.0 Å². The fourth-order valence-corrected chi connectivity index (χ4v) is 4.87. The third-order valence-electron chi connectivity index (χ3n) is 5.89. The number of halogens is 1. The van der Waals surface area contributed by atoms with Crippen LogP contribution in [0.2, 0.25) is 0 Å². The van der Waals surface area contributed by atoms with E-state index < -0.39 is 0 Å². The summed E-state index contributed by atoms with van der Waals surface area (Å²) in [6.45, 7) is 7.41. The number of rotatable bonds is 9. The van der Waals surface area contributed by atoms with E-state index in [1.807, 2.05) is 54.6 Å². The molecular formula is C26H30ClN3O3S. The van der Waals surface area contributed by atoms with Crippen molar-refractivity contribution in [2.24, 2.45) is 0 Å². The van der Waals surface area contributed by atoms with Crippen molar-refractivity contribution >= 4 is 55.8 Å². The molecule has 4 aromatic rings. The number of fused-ring (bicyclic) bond motifs is 2. The molecule has 0 aliphatic rings. The van der Waals surface area contributed by atoms with Gasteiger partial charge in [-0.1, -0.05) is 49.4 Å². The van der Waals surface area contributed by atoms with Gasteiger partial charge in [-0.05, 0) is 48.1 Å². The fourth-order valence-electron chi connectivity index (χ4n) is 3.90. The number of ether oxygens (including phenoxy) is 2. The third kappa shape index (κ3) is 5.27. The van der Waals surface area contributed by atoms with E-state index in [4.69, 9.17) is 14.5 Å². The number of hydrogen-bond acceptors (Lipinski definition) is 6. The molecule has 0 aliphatic carbocycles. The average Bonchev–Trinajstić information content (AvgIpc) is 3.28. The molecule has 34 heavy (non-hydrogen) atoms. The van der Waals surface area contributed by atoms with Gasteiger partial charge >= 0.3 is 0 Å². The van der Waals surface area contributed by atoms with E-state index in [1.54, 1.807) is 19.1 Å². The highest BCUT2D eigenvalue weighted by atomic mass is 35.5. The molecule has 0 N–H and O–H groups in total. The molecule has 0 radical (unpaired) electrons. The molecule has 6 nitrogen and oxygen atoms in total. The Bertz CT molecular complexity index is 1270. The minimum atomic E-state index is -0.115. The second-order valence-electron chi connectivity index (χ2n) is 7.71. The Labute approximate surface area is 210 Å². The van der Waals surface area contributed by atoms with E-state index in [2.05, 4.69) is 18.7 Å². The second kappa shape index (κ2) is 11.5. The minimum Gasteiger partial charge on any atom is -0.497 e. The monoisotopic (exact) mass is 499 g/mol. The smallest absolute Gasteiger partial charge is 0.263 e. The van der Waals surface area contributed by atoms with E-state index in [9.17, 15) is 4.79 Å². The number of aromatic nitrogens is 1. The summed E-state index contributed by atoms with van der Waals surface area (Å²) in [6, 6.07) is 17.6. The van der Waals surface area contributed by atoms with Crippen molar-refractivity contribution < 1.29 is 14.3 Å². The maximum Gasteiger partial charge on any atom is 0.263 e. The normalized spacial score (nSPS) is 11.0. The molecule has 0 fully saturated rings. The van der Waals surface area contributed by atoms with Crippen molar-refractivity contribution in [2.45, 2.75) is 13.8 Å². The van der Waals surface area contributed by atoms with Crippen LogP contribution in [0.5, 0.6) is 11.5 Å². The van der Waals surface area contributed by atoms with E-state index in [1.165, 1.54) is 11.3 Å². The van der Waals surface area contributed by atoms with E-state index in [0.717, 1.165) is 46.4 Å². The summed E-state index contributed by atoms with van der Waals surface area (Å²) >= 11 is 1.51. The average molecular weight is 500 g/mol. The molecule has 0 spiro atoms. The van der Waals surface area contributed by atoms with Gasteiger partial charge in [-0.3, -0.25) is 9.69 Å². The Morgan fingerprint density at radius 3 is 2.29 bits per heavy atom. The molecule has 0 aliphatic heterocycles. The minimum absolute atomic E-state index is 0. The van der Waals surface area contributed by atoms with Gasteiger partial charge in [-0.25, -0.2) is 4.98 Å². The van der Waals surface area contributed by atoms with Crippen LogP contribution < -0.4 is 14.4 Å². The largest absolute Gasteiger partial charge is 0.497 e. The lowest BCUT2D eigenvalue weighted by Gasteiger charge is -2.25. The quantitative estimate of drug-likeness (QED) is 0.288. The molecule has 0 bridgehead atoms. The number of benzene rings is 3. The maximum absolute atomic E-state index is 13.9. The third-order valence-corrected chi connectivity index (χ3v) is 6.95. The summed E-state index contributed by atoms with van der Waals surface area (Å²) in [7, 11) is 3.24. The zero-order chi connectivity index (χ0) is 23.4. The van der Waals surface area contributed by atoms with Gasteiger partial charge in [0.15, 0.2) is 5.13 Å². The van der Waals surface area contributed by atoms with Crippen molar-refractivity contribution in [3.05, 3.63) is 60.2 Å². The number of likely N-dealkylation sites (N-methyl/N-ethyl adjacent to an activating group) is 1. The summed E-state index contributed by atoms with van der Waals surface area (Å²) in [6.07, 6.45) is 0. The highest BCUT2D eigenvalue weighted by molar-refractivity contribution is 7.22. The molecule has 0 unspecified atom stereocenters. The molecule has 4 rings (SSSR count). The maximum atomic E-state index is 13.9. The van der Waals surface area contributed by atoms with Crippen LogP contribution in [0.4, 0.5) is 5.13 Å². The standard InChI is InChI=1S/C26H29N3O3S.ClH/c1-5-28(6-2)13-14-29(26-27-22-17-20(31-3)11-12-24(22)33-26)25(30)21-15-18-9-7-8-10-19(18)16-23(21)32-4;/h7-12,15-17H,5-6,13-14H2,1-4H3;1H. The summed E-state index contributed by atoms with van der Waals surface area (Å²) < 4.78 is 12.0. The van der Waals surface area contributed by atoms with E-state index >= 15 is 0 Å². The number of anilines is 1. The second-order valence-corrected chi connectivity index (χ2v) is 8.72. The molecule has 0 saturated carbocycles. The van der Waals surface area contributed by atoms with Crippen molar-refractivity contribution in [1.82, 2.24) is 9.88 Å². The Morgan fingerprint density at radius 1 is 0.941 bits per heavy atom. The zero-order valence-corrected chi connectivity index (χ0v) is 21.5. The Kier molecular flexibility index (Phi) is 8.72. The molecule has 0 atom stereocenters. The van der Waals surface area contributed by atoms with Crippen LogP contribution in [-0.4, -0.2) is 56.2 Å². The summed E-state index contributed by atoms with van der Waals surface area (Å²) in [5.74, 6) is 1.20. The van der Waals surface area contributed by atoms with Crippen LogP contribution in [0.15, 0.2) is 54.6 Å². The van der Waals surface area contributed by atoms with Gasteiger partial charge in [-0.15, -0.1) is 12.4 Å². The SMILES string of the molecule is CCN(CC)CCN(C(=O)c1cc2ccccc2cc1OC)c1nc2cc(OC)ccc2s1.Cl. The molecule has 1 aromatic heterocycles. The van der Waals surface area contributed by atoms with Crippen LogP contribution in [0.1, 0.15) is 24.2 Å². The number of thiazole rings is 1. The molecule has 3 aromatic carbocycles. The number of amides is 1. The van der Waals surface area contributed by atoms with Gasteiger partial charge in [0.2, 0.25) is 0 Å². The number of carbonyl (C=O) groups excluding carboxylic acids is 1. The predicted molar refractivity (Wildman–Crippen MR) is 143 cm³/mol. The molecule has 180 valence electrons.